The monoisotopic (exact) mass is 279 g/mol. The van der Waals surface area contributed by atoms with E-state index in [1.807, 2.05) is 0 Å². The molecule has 20 heavy (non-hydrogen) atoms. The van der Waals surface area contributed by atoms with Crippen LogP contribution in [0, 0.1) is 5.82 Å². The third-order valence-electron chi connectivity index (χ3n) is 2.26. The van der Waals surface area contributed by atoms with Crippen LogP contribution in [0.5, 0.6) is 5.75 Å². The summed E-state index contributed by atoms with van der Waals surface area (Å²) in [5.41, 5.74) is -0.139. The van der Waals surface area contributed by atoms with Gasteiger partial charge in [0.15, 0.2) is 12.4 Å². The van der Waals surface area contributed by atoms with Gasteiger partial charge in [0, 0.05) is 6.07 Å². The lowest BCUT2D eigenvalue weighted by molar-refractivity contribution is -0.118. The summed E-state index contributed by atoms with van der Waals surface area (Å²) in [4.78, 5) is 22.1. The fourth-order valence-corrected chi connectivity index (χ4v) is 1.35. The number of nitrogens with one attached hydrogen (secondary N) is 2. The van der Waals surface area contributed by atoms with Crippen molar-refractivity contribution in [1.82, 2.24) is 10.2 Å². The maximum atomic E-state index is 12.6. The van der Waals surface area contributed by atoms with Crippen LogP contribution in [0.4, 0.5) is 10.2 Å². The molecule has 104 valence electrons. The van der Waals surface area contributed by atoms with E-state index in [2.05, 4.69) is 15.5 Å². The van der Waals surface area contributed by atoms with Gasteiger partial charge in [0.2, 0.25) is 0 Å². The van der Waals surface area contributed by atoms with Gasteiger partial charge in [0.25, 0.3) is 5.91 Å². The van der Waals surface area contributed by atoms with Gasteiger partial charge in [0.05, 0.1) is 0 Å². The van der Waals surface area contributed by atoms with Gasteiger partial charge in [0.1, 0.15) is 17.3 Å². The van der Waals surface area contributed by atoms with Crippen LogP contribution in [0.2, 0.25) is 0 Å². The van der Waals surface area contributed by atoms with E-state index >= 15 is 0 Å². The van der Waals surface area contributed by atoms with Gasteiger partial charge in [-0.1, -0.05) is 0 Å². The zero-order chi connectivity index (χ0) is 14.5. The molecule has 3 N–H and O–H groups in total. The number of amides is 1. The summed E-state index contributed by atoms with van der Waals surface area (Å²) in [7, 11) is 0. The van der Waals surface area contributed by atoms with Crippen molar-refractivity contribution in [2.75, 3.05) is 11.9 Å². The Hall–Kier alpha value is -2.90. The molecule has 0 spiro atoms. The lowest BCUT2D eigenvalue weighted by atomic mass is 10.3. The maximum Gasteiger partial charge on any atom is 0.353 e. The number of aromatic nitrogens is 2. The second-order valence-electron chi connectivity index (χ2n) is 3.76. The van der Waals surface area contributed by atoms with Gasteiger partial charge < -0.3 is 15.2 Å². The molecule has 0 unspecified atom stereocenters. The van der Waals surface area contributed by atoms with Crippen molar-refractivity contribution in [3.8, 4) is 5.75 Å². The number of hydrogen-bond acceptors (Lipinski definition) is 4. The van der Waals surface area contributed by atoms with E-state index in [1.54, 1.807) is 0 Å². The topological polar surface area (TPSA) is 104 Å². The lowest BCUT2D eigenvalue weighted by Crippen LogP contribution is -2.20. The molecule has 0 saturated heterocycles. The van der Waals surface area contributed by atoms with Crippen molar-refractivity contribution >= 4 is 17.7 Å². The number of anilines is 1. The van der Waals surface area contributed by atoms with E-state index in [1.165, 1.54) is 30.3 Å². The molecule has 0 fully saturated rings. The van der Waals surface area contributed by atoms with E-state index in [0.29, 0.717) is 5.75 Å². The van der Waals surface area contributed by atoms with Crippen LogP contribution in [0.15, 0.2) is 30.3 Å². The predicted octanol–water partition coefficient (Wildman–Crippen LogP) is 1.26. The molecule has 2 aromatic rings. The summed E-state index contributed by atoms with van der Waals surface area (Å²) in [5, 5.41) is 16.9. The first kappa shape index (κ1) is 13.5. The van der Waals surface area contributed by atoms with Crippen molar-refractivity contribution in [3.05, 3.63) is 41.8 Å². The number of benzene rings is 1. The summed E-state index contributed by atoms with van der Waals surface area (Å²) in [6.07, 6.45) is 0. The van der Waals surface area contributed by atoms with E-state index < -0.39 is 17.7 Å². The van der Waals surface area contributed by atoms with Crippen molar-refractivity contribution in [3.63, 3.8) is 0 Å². The standard InChI is InChI=1S/C12H10FN3O4/c13-7-1-3-8(4-2-7)20-6-11(17)14-10-5-9(12(18)19)15-16-10/h1-5H,6H2,(H,18,19)(H2,14,15,16,17). The van der Waals surface area contributed by atoms with Crippen LogP contribution < -0.4 is 10.1 Å². The average Bonchev–Trinajstić information content (AvgIpc) is 2.87. The number of aromatic amines is 1. The predicted molar refractivity (Wildman–Crippen MR) is 66.1 cm³/mol. The van der Waals surface area contributed by atoms with Crippen LogP contribution >= 0.6 is 0 Å². The first-order chi connectivity index (χ1) is 9.54. The van der Waals surface area contributed by atoms with Gasteiger partial charge in [-0.25, -0.2) is 9.18 Å². The maximum absolute atomic E-state index is 12.6. The first-order valence-corrected chi connectivity index (χ1v) is 5.51. The number of carbonyl (C=O) groups excluding carboxylic acids is 1. The molecule has 0 saturated carbocycles. The molecule has 0 aliphatic carbocycles. The van der Waals surface area contributed by atoms with Crippen LogP contribution in [-0.2, 0) is 4.79 Å². The van der Waals surface area contributed by atoms with Crippen LogP contribution in [0.1, 0.15) is 10.5 Å². The third-order valence-corrected chi connectivity index (χ3v) is 2.26. The van der Waals surface area contributed by atoms with E-state index in [9.17, 15) is 14.0 Å². The number of nitrogens with zero attached hydrogens (tertiary/aromatic N) is 1. The molecule has 8 heteroatoms. The zero-order valence-electron chi connectivity index (χ0n) is 10.1. The number of halogens is 1. The SMILES string of the molecule is O=C(COc1ccc(F)cc1)Nc1cc(C(=O)O)[nH]n1. The van der Waals surface area contributed by atoms with E-state index in [4.69, 9.17) is 9.84 Å². The minimum atomic E-state index is -1.18. The molecular weight excluding hydrogens is 269 g/mol. The highest BCUT2D eigenvalue weighted by Gasteiger charge is 2.10. The Bertz CT molecular complexity index is 624. The van der Waals surface area contributed by atoms with E-state index in [0.717, 1.165) is 0 Å². The lowest BCUT2D eigenvalue weighted by Gasteiger charge is -2.05. The van der Waals surface area contributed by atoms with Crippen molar-refractivity contribution in [1.29, 1.82) is 0 Å². The number of aromatic carboxylic acids is 1. The molecule has 7 nitrogen and oxygen atoms in total. The smallest absolute Gasteiger partial charge is 0.353 e. The highest BCUT2D eigenvalue weighted by molar-refractivity contribution is 5.93. The summed E-state index contributed by atoms with van der Waals surface area (Å²) in [6, 6.07) is 6.37. The third kappa shape index (κ3) is 3.55. The molecule has 0 aliphatic rings. The molecule has 0 aliphatic heterocycles. The number of rotatable bonds is 5. The van der Waals surface area contributed by atoms with Crippen molar-refractivity contribution in [2.45, 2.75) is 0 Å². The molecule has 1 aromatic carbocycles. The number of H-pyrrole nitrogens is 1. The highest BCUT2D eigenvalue weighted by atomic mass is 19.1. The summed E-state index contributed by atoms with van der Waals surface area (Å²) >= 11 is 0. The summed E-state index contributed by atoms with van der Waals surface area (Å²) in [5.74, 6) is -1.68. The van der Waals surface area contributed by atoms with Crippen LogP contribution in [-0.4, -0.2) is 33.8 Å². The molecule has 0 atom stereocenters. The molecule has 1 amide bonds. The summed E-state index contributed by atoms with van der Waals surface area (Å²) < 4.78 is 17.8. The van der Waals surface area contributed by atoms with Gasteiger partial charge in [-0.05, 0) is 24.3 Å². The second kappa shape index (κ2) is 5.83. The van der Waals surface area contributed by atoms with Crippen molar-refractivity contribution < 1.29 is 23.8 Å². The number of carboxylic acid groups (broad SMARTS) is 1. The Balaban J connectivity index is 1.85. The summed E-state index contributed by atoms with van der Waals surface area (Å²) in [6.45, 7) is -0.305. The fourth-order valence-electron chi connectivity index (χ4n) is 1.35. The largest absolute Gasteiger partial charge is 0.484 e. The van der Waals surface area contributed by atoms with Gasteiger partial charge >= 0.3 is 5.97 Å². The minimum absolute atomic E-state index is 0.0788. The average molecular weight is 279 g/mol. The van der Waals surface area contributed by atoms with Crippen molar-refractivity contribution in [2.24, 2.45) is 0 Å². The molecule has 0 radical (unpaired) electrons. The molecule has 1 aromatic heterocycles. The number of carbonyl (C=O) groups is 2. The molecule has 1 heterocycles. The van der Waals surface area contributed by atoms with E-state index in [-0.39, 0.29) is 18.1 Å². The van der Waals surface area contributed by atoms with Gasteiger partial charge in [-0.3, -0.25) is 9.89 Å². The minimum Gasteiger partial charge on any atom is -0.484 e. The molecular formula is C12H10FN3O4. The Morgan fingerprint density at radius 2 is 2.05 bits per heavy atom. The number of ether oxygens (including phenoxy) is 1. The molecule has 2 rings (SSSR count). The Morgan fingerprint density at radius 3 is 2.65 bits per heavy atom. The number of hydrogen-bond donors (Lipinski definition) is 3. The van der Waals surface area contributed by atoms with Crippen LogP contribution in [0.25, 0.3) is 0 Å². The highest BCUT2D eigenvalue weighted by Crippen LogP contribution is 2.11. The van der Waals surface area contributed by atoms with Crippen LogP contribution in [0.3, 0.4) is 0 Å². The second-order valence-corrected chi connectivity index (χ2v) is 3.76. The quantitative estimate of drug-likeness (QED) is 0.764. The Kier molecular flexibility index (Phi) is 3.94. The zero-order valence-corrected chi connectivity index (χ0v) is 10.1. The first-order valence-electron chi connectivity index (χ1n) is 5.51. The normalized spacial score (nSPS) is 10.1. The Morgan fingerprint density at radius 1 is 1.35 bits per heavy atom. The molecule has 0 bridgehead atoms. The van der Waals surface area contributed by atoms with Gasteiger partial charge in [-0.15, -0.1) is 0 Å². The fraction of sp³-hybridized carbons (Fsp3) is 0.0833. The number of carboxylic acids is 1. The Labute approximate surface area is 112 Å². The van der Waals surface area contributed by atoms with Gasteiger partial charge in [-0.2, -0.15) is 5.10 Å².